The maximum absolute atomic E-state index is 11.4. The summed E-state index contributed by atoms with van der Waals surface area (Å²) in [5.41, 5.74) is 0. The average Bonchev–Trinajstić information content (AvgIpc) is 2.22. The number of methoxy groups -OCH3 is 1. The highest BCUT2D eigenvalue weighted by Crippen LogP contribution is 2.05. The molecule has 0 aliphatic heterocycles. The molecule has 0 saturated heterocycles. The highest BCUT2D eigenvalue weighted by Gasteiger charge is 2.21. The van der Waals surface area contributed by atoms with Crippen molar-refractivity contribution in [1.29, 1.82) is 0 Å². The summed E-state index contributed by atoms with van der Waals surface area (Å²) >= 11 is 1.37. The van der Waals surface area contributed by atoms with Crippen LogP contribution in [0.2, 0.25) is 0 Å². The van der Waals surface area contributed by atoms with Crippen molar-refractivity contribution >= 4 is 23.6 Å². The molecule has 0 bridgehead atoms. The molecule has 0 aromatic heterocycles. The first-order valence-corrected chi connectivity index (χ1v) is 5.86. The number of nitrogens with one attached hydrogen (secondary N) is 1. The summed E-state index contributed by atoms with van der Waals surface area (Å²) in [6, 6.07) is -0.868. The molecule has 2 atom stereocenters. The van der Waals surface area contributed by atoms with Gasteiger partial charge in [0, 0.05) is 20.1 Å². The van der Waals surface area contributed by atoms with E-state index in [-0.39, 0.29) is 17.6 Å². The molecule has 0 spiro atoms. The number of carbonyl (C=O) groups excluding carboxylic acids is 1. The van der Waals surface area contributed by atoms with E-state index in [0.29, 0.717) is 6.61 Å². The third kappa shape index (κ3) is 5.64. The molecule has 2 unspecified atom stereocenters. The highest BCUT2D eigenvalue weighted by molar-refractivity contribution is 7.99. The first kappa shape index (κ1) is 14.2. The van der Waals surface area contributed by atoms with Gasteiger partial charge in [0.05, 0.1) is 5.25 Å². The van der Waals surface area contributed by atoms with Gasteiger partial charge in [0.25, 0.3) is 0 Å². The van der Waals surface area contributed by atoms with Gasteiger partial charge in [-0.2, -0.15) is 11.8 Å². The third-order valence-corrected chi connectivity index (χ3v) is 2.87. The lowest BCUT2D eigenvalue weighted by Gasteiger charge is -2.16. The van der Waals surface area contributed by atoms with Crippen molar-refractivity contribution in [2.75, 3.05) is 20.0 Å². The minimum absolute atomic E-state index is 0.241. The van der Waals surface area contributed by atoms with Gasteiger partial charge in [-0.1, -0.05) is 0 Å². The molecular formula is C9H17NO4S. The molecule has 0 aromatic rings. The predicted molar refractivity (Wildman–Crippen MR) is 59.0 cm³/mol. The Hall–Kier alpha value is -0.750. The number of carboxylic acids is 1. The molecule has 0 aliphatic rings. The lowest BCUT2D eigenvalue weighted by Crippen LogP contribution is -2.44. The second-order valence-corrected chi connectivity index (χ2v) is 4.24. The van der Waals surface area contributed by atoms with Crippen LogP contribution < -0.4 is 5.32 Å². The maximum atomic E-state index is 11.4. The Labute approximate surface area is 93.6 Å². The molecule has 88 valence electrons. The van der Waals surface area contributed by atoms with Gasteiger partial charge in [0.15, 0.2) is 0 Å². The number of rotatable bonds is 7. The summed E-state index contributed by atoms with van der Waals surface area (Å²) in [5.74, 6) is -1.29. The molecule has 0 aromatic carbocycles. The van der Waals surface area contributed by atoms with E-state index in [1.165, 1.54) is 18.9 Å². The van der Waals surface area contributed by atoms with Crippen LogP contribution in [-0.2, 0) is 14.3 Å². The van der Waals surface area contributed by atoms with Gasteiger partial charge in [-0.3, -0.25) is 4.79 Å². The summed E-state index contributed by atoms with van der Waals surface area (Å²) in [7, 11) is 1.49. The quantitative estimate of drug-likeness (QED) is 0.665. The third-order valence-electron chi connectivity index (χ3n) is 1.95. The van der Waals surface area contributed by atoms with Gasteiger partial charge in [0.2, 0.25) is 5.91 Å². The van der Waals surface area contributed by atoms with E-state index in [9.17, 15) is 9.59 Å². The van der Waals surface area contributed by atoms with Crippen LogP contribution in [0.1, 0.15) is 13.3 Å². The summed E-state index contributed by atoms with van der Waals surface area (Å²) < 4.78 is 4.77. The van der Waals surface area contributed by atoms with E-state index in [1.807, 2.05) is 0 Å². The zero-order valence-electron chi connectivity index (χ0n) is 9.15. The number of hydrogen-bond donors (Lipinski definition) is 2. The standard InChI is InChI=1S/C9H17NO4S/c1-6(15-3)8(11)10-7(9(12)13)4-5-14-2/h6-7H,4-5H2,1-3H3,(H,10,11)(H,12,13). The second-order valence-electron chi connectivity index (χ2n) is 3.06. The Balaban J connectivity index is 4.16. The molecule has 0 radical (unpaired) electrons. The van der Waals surface area contributed by atoms with E-state index in [4.69, 9.17) is 9.84 Å². The summed E-state index contributed by atoms with van der Waals surface area (Å²) in [5, 5.41) is 11.0. The van der Waals surface area contributed by atoms with Crippen LogP contribution >= 0.6 is 11.8 Å². The van der Waals surface area contributed by atoms with Crippen molar-refractivity contribution in [3.8, 4) is 0 Å². The monoisotopic (exact) mass is 235 g/mol. The fourth-order valence-electron chi connectivity index (χ4n) is 0.889. The van der Waals surface area contributed by atoms with Crippen molar-refractivity contribution in [3.05, 3.63) is 0 Å². The Morgan fingerprint density at radius 2 is 2.13 bits per heavy atom. The van der Waals surface area contributed by atoms with Gasteiger partial charge >= 0.3 is 5.97 Å². The lowest BCUT2D eigenvalue weighted by atomic mass is 10.2. The van der Waals surface area contributed by atoms with Crippen LogP contribution in [0.3, 0.4) is 0 Å². The summed E-state index contributed by atoms with van der Waals surface area (Å²) in [4.78, 5) is 22.2. The largest absolute Gasteiger partial charge is 0.480 e. The number of hydrogen-bond acceptors (Lipinski definition) is 4. The maximum Gasteiger partial charge on any atom is 0.326 e. The van der Waals surface area contributed by atoms with E-state index < -0.39 is 12.0 Å². The highest BCUT2D eigenvalue weighted by atomic mass is 32.2. The van der Waals surface area contributed by atoms with Gasteiger partial charge in [-0.25, -0.2) is 4.79 Å². The normalized spacial score (nSPS) is 14.3. The zero-order chi connectivity index (χ0) is 11.8. The summed E-state index contributed by atoms with van der Waals surface area (Å²) in [6.45, 7) is 2.04. The SMILES string of the molecule is COCCC(NC(=O)C(C)SC)C(=O)O. The minimum Gasteiger partial charge on any atom is -0.480 e. The lowest BCUT2D eigenvalue weighted by molar-refractivity contribution is -0.142. The first-order valence-electron chi connectivity index (χ1n) is 4.57. The smallest absolute Gasteiger partial charge is 0.326 e. The number of thioether (sulfide) groups is 1. The van der Waals surface area contributed by atoms with Crippen molar-refractivity contribution in [3.63, 3.8) is 0 Å². The Morgan fingerprint density at radius 3 is 2.53 bits per heavy atom. The zero-order valence-corrected chi connectivity index (χ0v) is 9.97. The molecule has 1 amide bonds. The average molecular weight is 235 g/mol. The van der Waals surface area contributed by atoms with E-state index in [2.05, 4.69) is 5.32 Å². The number of ether oxygens (including phenoxy) is 1. The Morgan fingerprint density at radius 1 is 1.53 bits per heavy atom. The predicted octanol–water partition coefficient (Wildman–Crippen LogP) is 0.344. The second kappa shape index (κ2) is 7.53. The molecule has 15 heavy (non-hydrogen) atoms. The Bertz CT molecular complexity index is 222. The van der Waals surface area contributed by atoms with Gasteiger partial charge in [-0.15, -0.1) is 0 Å². The van der Waals surface area contributed by atoms with Gasteiger partial charge < -0.3 is 15.2 Å². The molecule has 0 rings (SSSR count). The van der Waals surface area contributed by atoms with Crippen LogP contribution in [-0.4, -0.2) is 48.2 Å². The van der Waals surface area contributed by atoms with E-state index >= 15 is 0 Å². The van der Waals surface area contributed by atoms with E-state index in [1.54, 1.807) is 13.2 Å². The van der Waals surface area contributed by atoms with Crippen molar-refractivity contribution in [2.45, 2.75) is 24.6 Å². The van der Waals surface area contributed by atoms with Crippen LogP contribution in [0.25, 0.3) is 0 Å². The fourth-order valence-corrected chi connectivity index (χ4v) is 1.17. The molecule has 0 saturated carbocycles. The van der Waals surface area contributed by atoms with Crippen LogP contribution in [0.4, 0.5) is 0 Å². The minimum atomic E-state index is -1.03. The number of carboxylic acid groups (broad SMARTS) is 1. The van der Waals surface area contributed by atoms with Crippen LogP contribution in [0.15, 0.2) is 0 Å². The van der Waals surface area contributed by atoms with Crippen LogP contribution in [0.5, 0.6) is 0 Å². The van der Waals surface area contributed by atoms with Gasteiger partial charge in [-0.05, 0) is 13.2 Å². The number of amides is 1. The Kier molecular flexibility index (Phi) is 7.15. The van der Waals surface area contributed by atoms with Crippen molar-refractivity contribution < 1.29 is 19.4 Å². The molecule has 6 heteroatoms. The summed E-state index contributed by atoms with van der Waals surface area (Å²) in [6.07, 6.45) is 2.08. The van der Waals surface area contributed by atoms with E-state index in [0.717, 1.165) is 0 Å². The molecule has 2 N–H and O–H groups in total. The number of aliphatic carboxylic acids is 1. The van der Waals surface area contributed by atoms with Crippen molar-refractivity contribution in [2.24, 2.45) is 0 Å². The topological polar surface area (TPSA) is 75.6 Å². The first-order chi connectivity index (χ1) is 7.02. The molecule has 0 aliphatic carbocycles. The number of carbonyl (C=O) groups is 2. The molecule has 0 heterocycles. The van der Waals surface area contributed by atoms with Crippen LogP contribution in [0, 0.1) is 0 Å². The van der Waals surface area contributed by atoms with Gasteiger partial charge in [0.1, 0.15) is 6.04 Å². The molecular weight excluding hydrogens is 218 g/mol. The molecule has 0 fully saturated rings. The molecule has 5 nitrogen and oxygen atoms in total. The van der Waals surface area contributed by atoms with Crippen molar-refractivity contribution in [1.82, 2.24) is 5.32 Å². The fraction of sp³-hybridized carbons (Fsp3) is 0.778.